The number of carbonyl (C=O) groups excluding carboxylic acids is 3. The number of ketones is 2. The number of phenols is 1. The van der Waals surface area contributed by atoms with Gasteiger partial charge in [0.1, 0.15) is 29.1 Å². The highest BCUT2D eigenvalue weighted by Crippen LogP contribution is 2.55. The lowest BCUT2D eigenvalue weighted by Gasteiger charge is -2.50. The van der Waals surface area contributed by atoms with Gasteiger partial charge in [-0.1, -0.05) is 26.0 Å². The molecule has 0 radical (unpaired) electrons. The molecule has 0 saturated carbocycles. The van der Waals surface area contributed by atoms with Crippen LogP contribution in [0, 0.1) is 11.8 Å². The van der Waals surface area contributed by atoms with E-state index in [-0.39, 0.29) is 17.7 Å². The normalized spacial score (nSPS) is 29.2. The van der Waals surface area contributed by atoms with Gasteiger partial charge in [-0.05, 0) is 17.9 Å². The molecule has 3 aliphatic carbocycles. The Morgan fingerprint density at radius 2 is 1.95 bits per heavy atom. The summed E-state index contributed by atoms with van der Waals surface area (Å²) in [5, 5.41) is 55.2. The van der Waals surface area contributed by atoms with Gasteiger partial charge in [0, 0.05) is 29.4 Å². The van der Waals surface area contributed by atoms with Crippen LogP contribution in [-0.2, 0) is 22.4 Å². The number of nitrogens with two attached hydrogens (primary N) is 1. The maximum atomic E-state index is 13.7. The van der Waals surface area contributed by atoms with Crippen molar-refractivity contribution in [3.8, 4) is 5.75 Å². The number of rotatable bonds is 4. The number of nitrogens with zero attached hydrogens (tertiary/aromatic N) is 1. The number of aryl methyl sites for hydroxylation is 1. The highest BCUT2D eigenvalue weighted by molar-refractivity contribution is 6.24. The number of aliphatic hydroxyl groups is 4. The molecule has 1 heterocycles. The SMILES string of the molecule is CCc1coc(Cc2ccc3c(c2O)C(=O)C2=C(O)C4(O)C(=O)C(C(N)=O)=C(O)CC4C(O)C2C3C)n1. The van der Waals surface area contributed by atoms with Crippen molar-refractivity contribution in [2.75, 3.05) is 0 Å². The average Bonchev–Trinajstić information content (AvgIpc) is 3.30. The van der Waals surface area contributed by atoms with E-state index < -0.39 is 76.0 Å². The van der Waals surface area contributed by atoms with Crippen LogP contribution in [0.1, 0.15) is 59.3 Å². The van der Waals surface area contributed by atoms with Crippen LogP contribution in [0.2, 0.25) is 0 Å². The molecule has 1 aromatic heterocycles. The zero-order valence-corrected chi connectivity index (χ0v) is 20.1. The van der Waals surface area contributed by atoms with Gasteiger partial charge in [-0.3, -0.25) is 14.4 Å². The van der Waals surface area contributed by atoms with E-state index in [0.717, 1.165) is 5.69 Å². The van der Waals surface area contributed by atoms with Crippen molar-refractivity contribution in [2.24, 2.45) is 17.6 Å². The summed E-state index contributed by atoms with van der Waals surface area (Å²) in [6.45, 7) is 3.58. The molecule has 0 fully saturated rings. The van der Waals surface area contributed by atoms with E-state index >= 15 is 0 Å². The molecule has 11 nitrogen and oxygen atoms in total. The number of hydrogen-bond acceptors (Lipinski definition) is 10. The molecule has 1 amide bonds. The molecule has 7 N–H and O–H groups in total. The third-order valence-corrected chi connectivity index (χ3v) is 7.89. The Morgan fingerprint density at radius 1 is 1.24 bits per heavy atom. The zero-order chi connectivity index (χ0) is 27.0. The van der Waals surface area contributed by atoms with Crippen LogP contribution in [0.5, 0.6) is 5.75 Å². The van der Waals surface area contributed by atoms with Crippen molar-refractivity contribution in [3.05, 3.63) is 69.3 Å². The third-order valence-electron chi connectivity index (χ3n) is 7.89. The Bertz CT molecular complexity index is 1440. The minimum Gasteiger partial charge on any atom is -0.511 e. The van der Waals surface area contributed by atoms with E-state index in [0.29, 0.717) is 23.4 Å². The number of amides is 1. The second-order valence-electron chi connectivity index (χ2n) is 9.79. The van der Waals surface area contributed by atoms with Gasteiger partial charge in [0.25, 0.3) is 5.91 Å². The van der Waals surface area contributed by atoms with Gasteiger partial charge in [0.2, 0.25) is 5.78 Å². The van der Waals surface area contributed by atoms with Crippen molar-refractivity contribution in [1.29, 1.82) is 0 Å². The fourth-order valence-electron chi connectivity index (χ4n) is 5.94. The summed E-state index contributed by atoms with van der Waals surface area (Å²) in [7, 11) is 0. The first kappa shape index (κ1) is 24.7. The van der Waals surface area contributed by atoms with Crippen LogP contribution in [0.15, 0.2) is 45.5 Å². The molecular weight excluding hydrogens is 484 g/mol. The molecule has 11 heteroatoms. The zero-order valence-electron chi connectivity index (χ0n) is 20.1. The number of Topliss-reactive ketones (excluding diaryl/α,β-unsaturated/α-hetero) is 2. The number of aliphatic hydroxyl groups excluding tert-OH is 3. The first-order valence-corrected chi connectivity index (χ1v) is 11.9. The summed E-state index contributed by atoms with van der Waals surface area (Å²) < 4.78 is 5.42. The van der Waals surface area contributed by atoms with Crippen LogP contribution in [0.3, 0.4) is 0 Å². The number of oxazole rings is 1. The van der Waals surface area contributed by atoms with Crippen LogP contribution in [0.25, 0.3) is 0 Å². The number of aromatic hydroxyl groups is 1. The monoisotopic (exact) mass is 510 g/mol. The molecule has 0 saturated heterocycles. The summed E-state index contributed by atoms with van der Waals surface area (Å²) in [5.41, 5.74) is 2.30. The smallest absolute Gasteiger partial charge is 0.255 e. The summed E-state index contributed by atoms with van der Waals surface area (Å²) in [6, 6.07) is 3.25. The molecule has 1 aromatic carbocycles. The van der Waals surface area contributed by atoms with E-state index in [2.05, 4.69) is 4.98 Å². The molecule has 2 aromatic rings. The van der Waals surface area contributed by atoms with Crippen LogP contribution >= 0.6 is 0 Å². The Hall–Kier alpha value is -3.96. The number of primary amides is 1. The van der Waals surface area contributed by atoms with Gasteiger partial charge in [0.15, 0.2) is 17.3 Å². The van der Waals surface area contributed by atoms with Gasteiger partial charge in [0.05, 0.1) is 23.8 Å². The Balaban J connectivity index is 1.65. The molecule has 37 heavy (non-hydrogen) atoms. The first-order chi connectivity index (χ1) is 17.4. The van der Waals surface area contributed by atoms with Crippen molar-refractivity contribution >= 4 is 17.5 Å². The van der Waals surface area contributed by atoms with Gasteiger partial charge in [-0.15, -0.1) is 0 Å². The minimum absolute atomic E-state index is 0.0778. The number of hydrogen-bond donors (Lipinski definition) is 6. The van der Waals surface area contributed by atoms with Crippen LogP contribution < -0.4 is 5.73 Å². The van der Waals surface area contributed by atoms with Gasteiger partial charge in [-0.25, -0.2) is 4.98 Å². The summed E-state index contributed by atoms with van der Waals surface area (Å²) in [4.78, 5) is 42.9. The highest BCUT2D eigenvalue weighted by atomic mass is 16.4. The lowest BCUT2D eigenvalue weighted by Crippen LogP contribution is -2.62. The van der Waals surface area contributed by atoms with Crippen molar-refractivity contribution < 1.29 is 44.3 Å². The van der Waals surface area contributed by atoms with Gasteiger partial charge in [-0.2, -0.15) is 0 Å². The Kier molecular flexibility index (Phi) is 5.54. The maximum Gasteiger partial charge on any atom is 0.255 e. The van der Waals surface area contributed by atoms with Crippen molar-refractivity contribution in [3.63, 3.8) is 0 Å². The fraction of sp³-hybridized carbons (Fsp3) is 0.385. The standard InChI is InChI=1S/C26H26N2O9/c1-3-11-8-37-15(28-11)6-10-4-5-12-9(2)16-19(22(32)17(12)20(10)30)24(34)26(36)13(21(16)31)7-14(29)18(23(26)33)25(27)35/h4-5,8-9,13,16,21,29-31,34,36H,3,6-7H2,1-2H3,(H2,27,35). The first-order valence-electron chi connectivity index (χ1n) is 11.9. The second kappa shape index (κ2) is 8.29. The van der Waals surface area contributed by atoms with Gasteiger partial charge >= 0.3 is 0 Å². The van der Waals surface area contributed by atoms with Crippen LogP contribution in [-0.4, -0.2) is 59.7 Å². The topological polar surface area (TPSA) is 204 Å². The maximum absolute atomic E-state index is 13.7. The molecule has 0 spiro atoms. The van der Waals surface area contributed by atoms with E-state index in [9.17, 15) is 39.9 Å². The highest BCUT2D eigenvalue weighted by Gasteiger charge is 2.64. The largest absolute Gasteiger partial charge is 0.511 e. The number of allylic oxidation sites excluding steroid dienone is 1. The molecular formula is C26H26N2O9. The third kappa shape index (κ3) is 3.27. The average molecular weight is 510 g/mol. The van der Waals surface area contributed by atoms with E-state index in [4.69, 9.17) is 10.2 Å². The number of phenolic OH excluding ortho intramolecular Hbond substituents is 1. The predicted octanol–water partition coefficient (Wildman–Crippen LogP) is 1.25. The Labute approximate surface area is 210 Å². The molecule has 0 aliphatic heterocycles. The van der Waals surface area contributed by atoms with Crippen molar-refractivity contribution in [1.82, 2.24) is 4.98 Å². The molecule has 0 bridgehead atoms. The van der Waals surface area contributed by atoms with Crippen LogP contribution in [0.4, 0.5) is 0 Å². The van der Waals surface area contributed by atoms with Crippen molar-refractivity contribution in [2.45, 2.75) is 50.7 Å². The van der Waals surface area contributed by atoms with E-state index in [1.54, 1.807) is 19.1 Å². The van der Waals surface area contributed by atoms with E-state index in [1.807, 2.05) is 6.92 Å². The quantitative estimate of drug-likeness (QED) is 0.325. The number of aromatic nitrogens is 1. The van der Waals surface area contributed by atoms with E-state index in [1.165, 1.54) is 6.26 Å². The molecule has 5 rings (SSSR count). The summed E-state index contributed by atoms with van der Waals surface area (Å²) in [6.07, 6.45) is 0.141. The summed E-state index contributed by atoms with van der Waals surface area (Å²) >= 11 is 0. The lowest BCUT2D eigenvalue weighted by atomic mass is 9.56. The minimum atomic E-state index is -2.86. The molecule has 3 aliphatic rings. The molecule has 5 atom stereocenters. The number of benzene rings is 1. The number of carbonyl (C=O) groups is 3. The lowest BCUT2D eigenvalue weighted by molar-refractivity contribution is -0.154. The molecule has 5 unspecified atom stereocenters. The Morgan fingerprint density at radius 3 is 2.57 bits per heavy atom. The molecule has 194 valence electrons. The number of fused-ring (bicyclic) bond motifs is 3. The second-order valence-corrected chi connectivity index (χ2v) is 9.79. The summed E-state index contributed by atoms with van der Waals surface area (Å²) in [5.74, 6) is -8.55. The van der Waals surface area contributed by atoms with Gasteiger partial charge < -0.3 is 35.7 Å². The fourth-order valence-corrected chi connectivity index (χ4v) is 5.94. The predicted molar refractivity (Wildman–Crippen MR) is 126 cm³/mol.